The third-order valence-electron chi connectivity index (χ3n) is 28.4. The van der Waals surface area contributed by atoms with Crippen LogP contribution in [-0.2, 0) is 10.8 Å². The molecule has 0 atom stereocenters. The highest BCUT2D eigenvalue weighted by Crippen LogP contribution is 2.63. The fourth-order valence-corrected chi connectivity index (χ4v) is 23.0. The maximum atomic E-state index is 6.75. The summed E-state index contributed by atoms with van der Waals surface area (Å²) in [6.07, 6.45) is 0. The van der Waals surface area contributed by atoms with Gasteiger partial charge >= 0.3 is 0 Å². The molecule has 0 amide bonds. The van der Waals surface area contributed by atoms with Crippen molar-refractivity contribution < 1.29 is 17.7 Å². The number of para-hydroxylation sites is 6. The van der Waals surface area contributed by atoms with Crippen LogP contribution >= 0.6 is 0 Å². The highest BCUT2D eigenvalue weighted by molar-refractivity contribution is 6.26. The Hall–Kier alpha value is -16.9. The summed E-state index contributed by atoms with van der Waals surface area (Å²) in [6, 6.07) is 168. The molecular formula is C126H76O4. The van der Waals surface area contributed by atoms with Crippen LogP contribution in [0.15, 0.2) is 479 Å². The van der Waals surface area contributed by atoms with Crippen LogP contribution in [0.1, 0.15) is 44.5 Å². The molecule has 0 bridgehead atoms. The summed E-state index contributed by atoms with van der Waals surface area (Å²) < 4.78 is 26.5. The van der Waals surface area contributed by atoms with Crippen LogP contribution < -0.4 is 0 Å². The minimum absolute atomic E-state index is 0.523. The first-order chi connectivity index (χ1) is 64.5. The molecule has 0 saturated heterocycles. The minimum atomic E-state index is -0.533. The molecule has 0 saturated carbocycles. The molecule has 2 aliphatic rings. The summed E-state index contributed by atoms with van der Waals surface area (Å²) in [5, 5.41) is 18.4. The number of benzene rings is 22. The van der Waals surface area contributed by atoms with Crippen molar-refractivity contribution in [3.05, 3.63) is 506 Å². The third-order valence-corrected chi connectivity index (χ3v) is 28.4. The summed E-state index contributed by atoms with van der Waals surface area (Å²) in [5.74, 6) is 0. The number of hydrogen-bond acceptors (Lipinski definition) is 4. The standard InChI is InChI=1S/2C63H38O2/c1-3-18-39(19-4-1)63(40-20-5-2-6-21-40)55-34-10-7-24-51(55)60-52(33-17-35-56(60)63)59-45-27-13-25-41(47-29-15-31-49-43-22-8-11-36-57(43)64-61(47)49)53(45)38-54-42(26-14-28-46(54)59)48-30-16-32-50-44-23-9-12-37-58(44)65-62(48)50;1-3-16-41(17-4-1)63(42-18-5-2-6-19-42)55-28-10-7-22-51(55)62-52(27-15-29-56(62)63)61-49-25-13-23-43(39-32-34-47-45-20-8-11-30-57(45)64-59(47)36-39)53(49)38-54-44(24-14-26-50(54)61)40-33-35-48-46-21-9-12-31-58(46)65-60(48)37-40/h2*1-38H. The van der Waals surface area contributed by atoms with Crippen LogP contribution in [0.5, 0.6) is 0 Å². The highest BCUT2D eigenvalue weighted by atomic mass is 16.3. The normalized spacial score (nSPS) is 13.0. The van der Waals surface area contributed by atoms with Gasteiger partial charge in [0.05, 0.1) is 10.8 Å². The molecule has 0 aliphatic heterocycles. The predicted molar refractivity (Wildman–Crippen MR) is 539 cm³/mol. The van der Waals surface area contributed by atoms with Gasteiger partial charge in [0.15, 0.2) is 0 Å². The van der Waals surface area contributed by atoms with Crippen molar-refractivity contribution >= 4 is 131 Å². The van der Waals surface area contributed by atoms with Gasteiger partial charge in [0.25, 0.3) is 0 Å². The lowest BCUT2D eigenvalue weighted by Gasteiger charge is -2.34. The van der Waals surface area contributed by atoms with Gasteiger partial charge in [-0.15, -0.1) is 0 Å². The van der Waals surface area contributed by atoms with Crippen molar-refractivity contribution in [3.8, 4) is 89.0 Å². The molecular weight excluding hydrogens is 1580 g/mol. The lowest BCUT2D eigenvalue weighted by Crippen LogP contribution is -2.28. The van der Waals surface area contributed by atoms with Crippen molar-refractivity contribution in [1.82, 2.24) is 0 Å². The van der Waals surface area contributed by atoms with E-state index in [1.807, 2.05) is 24.3 Å². The fraction of sp³-hybridized carbons (Fsp3) is 0.0159. The second-order valence-corrected chi connectivity index (χ2v) is 34.8. The topological polar surface area (TPSA) is 52.6 Å². The number of furan rings is 4. The van der Waals surface area contributed by atoms with Crippen molar-refractivity contribution in [1.29, 1.82) is 0 Å². The third kappa shape index (κ3) is 10.7. The zero-order chi connectivity index (χ0) is 85.3. The maximum Gasteiger partial charge on any atom is 0.143 e. The summed E-state index contributed by atoms with van der Waals surface area (Å²) in [6.45, 7) is 0. The molecule has 0 fully saturated rings. The first kappa shape index (κ1) is 73.4. The molecule has 26 aromatic rings. The number of rotatable bonds is 10. The van der Waals surface area contributed by atoms with Gasteiger partial charge in [-0.2, -0.15) is 0 Å². The Bertz CT molecular complexity index is 8760. The van der Waals surface area contributed by atoms with Crippen LogP contribution in [-0.4, -0.2) is 0 Å². The van der Waals surface area contributed by atoms with Crippen molar-refractivity contribution in [3.63, 3.8) is 0 Å². The fourth-order valence-electron chi connectivity index (χ4n) is 23.0. The second kappa shape index (κ2) is 28.8. The summed E-state index contributed by atoms with van der Waals surface area (Å²) in [5.41, 5.74) is 35.1. The first-order valence-electron chi connectivity index (χ1n) is 44.8. The Morgan fingerprint density at radius 2 is 0.385 bits per heavy atom. The van der Waals surface area contributed by atoms with Gasteiger partial charge in [-0.25, -0.2) is 0 Å². The van der Waals surface area contributed by atoms with E-state index in [0.717, 1.165) is 143 Å². The van der Waals surface area contributed by atoms with Crippen LogP contribution in [0, 0.1) is 0 Å². The van der Waals surface area contributed by atoms with Crippen LogP contribution in [0.4, 0.5) is 0 Å². The van der Waals surface area contributed by atoms with E-state index in [9.17, 15) is 0 Å². The zero-order valence-corrected chi connectivity index (χ0v) is 70.5. The van der Waals surface area contributed by atoms with Gasteiger partial charge < -0.3 is 17.7 Å². The Labute approximate surface area is 748 Å². The van der Waals surface area contributed by atoms with Crippen LogP contribution in [0.25, 0.3) is 220 Å². The number of hydrogen-bond donors (Lipinski definition) is 0. The van der Waals surface area contributed by atoms with Crippen molar-refractivity contribution in [2.24, 2.45) is 0 Å². The van der Waals surface area contributed by atoms with Crippen molar-refractivity contribution in [2.75, 3.05) is 0 Å². The monoisotopic (exact) mass is 1650 g/mol. The largest absolute Gasteiger partial charge is 0.456 e. The molecule has 22 aromatic carbocycles. The van der Waals surface area contributed by atoms with Crippen LogP contribution in [0.3, 0.4) is 0 Å². The Kier molecular flexibility index (Phi) is 16.3. The van der Waals surface area contributed by atoms with Gasteiger partial charge in [-0.05, 0) is 226 Å². The number of fused-ring (bicyclic) bond motifs is 22. The van der Waals surface area contributed by atoms with Gasteiger partial charge in [-0.3, -0.25) is 0 Å². The van der Waals surface area contributed by atoms with Gasteiger partial charge in [0.2, 0.25) is 0 Å². The van der Waals surface area contributed by atoms with Gasteiger partial charge in [0.1, 0.15) is 44.7 Å². The summed E-state index contributed by atoms with van der Waals surface area (Å²) in [7, 11) is 0. The minimum Gasteiger partial charge on any atom is -0.456 e. The lowest BCUT2D eigenvalue weighted by molar-refractivity contribution is 0.668. The average molecular weight is 1650 g/mol. The molecule has 0 unspecified atom stereocenters. The van der Waals surface area contributed by atoms with E-state index in [2.05, 4.69) is 437 Å². The molecule has 2 aliphatic carbocycles. The van der Waals surface area contributed by atoms with Crippen molar-refractivity contribution in [2.45, 2.75) is 10.8 Å². The molecule has 604 valence electrons. The zero-order valence-electron chi connectivity index (χ0n) is 70.5. The van der Waals surface area contributed by atoms with Gasteiger partial charge in [0, 0.05) is 54.2 Å². The van der Waals surface area contributed by atoms with Gasteiger partial charge in [-0.1, -0.05) is 400 Å². The summed E-state index contributed by atoms with van der Waals surface area (Å²) in [4.78, 5) is 0. The Morgan fingerprint density at radius 1 is 0.131 bits per heavy atom. The van der Waals surface area contributed by atoms with E-state index in [4.69, 9.17) is 17.7 Å². The molecule has 4 heterocycles. The Balaban J connectivity index is 0.000000134. The molecule has 0 radical (unpaired) electrons. The molecule has 0 N–H and O–H groups in total. The summed E-state index contributed by atoms with van der Waals surface area (Å²) >= 11 is 0. The van der Waals surface area contributed by atoms with E-state index < -0.39 is 10.8 Å². The van der Waals surface area contributed by atoms with E-state index in [-0.39, 0.29) is 0 Å². The average Bonchev–Trinajstić information content (AvgIpc) is 1.52. The second-order valence-electron chi connectivity index (χ2n) is 34.8. The SMILES string of the molecule is c1ccc(C2(c3ccccc3)c3ccccc3-c3c(-c4c5cccc(-c6ccc7c(c6)oc6ccccc67)c5cc5c(-c6ccc7c(c6)oc6ccccc67)cccc45)cccc32)cc1.c1ccc(C2(c3ccccc3)c3ccccc3-c3c(-c4c5cccc(-c6cccc7c6oc6ccccc67)c5cc5c(-c6cccc7c6oc6ccccc67)cccc45)cccc32)cc1. The quantitative estimate of drug-likeness (QED) is 0.128. The first-order valence-corrected chi connectivity index (χ1v) is 44.8. The molecule has 28 rings (SSSR count). The van der Waals surface area contributed by atoms with E-state index in [1.165, 1.54) is 121 Å². The lowest BCUT2D eigenvalue weighted by atomic mass is 9.67. The highest BCUT2D eigenvalue weighted by Gasteiger charge is 2.49. The molecule has 0 spiro atoms. The maximum absolute atomic E-state index is 6.75. The van der Waals surface area contributed by atoms with E-state index in [1.54, 1.807) is 0 Å². The van der Waals surface area contributed by atoms with E-state index >= 15 is 0 Å². The molecule has 130 heavy (non-hydrogen) atoms. The molecule has 4 heteroatoms. The molecule has 4 nitrogen and oxygen atoms in total. The van der Waals surface area contributed by atoms with E-state index in [0.29, 0.717) is 0 Å². The Morgan fingerprint density at radius 3 is 0.762 bits per heavy atom. The van der Waals surface area contributed by atoms with Crippen LogP contribution in [0.2, 0.25) is 0 Å². The predicted octanol–water partition coefficient (Wildman–Crippen LogP) is 34.3. The smallest absolute Gasteiger partial charge is 0.143 e. The molecule has 4 aromatic heterocycles.